The largest absolute Gasteiger partial charge is 0.377 e. The van der Waals surface area contributed by atoms with Crippen molar-refractivity contribution in [2.75, 3.05) is 19.8 Å². The number of aromatic nitrogens is 2. The number of nitrogens with zero attached hydrogens (tertiary/aromatic N) is 3. The minimum atomic E-state index is -0.552. The summed E-state index contributed by atoms with van der Waals surface area (Å²) in [5, 5.41) is 2.92. The third-order valence-corrected chi connectivity index (χ3v) is 3.33. The molecule has 2 fully saturated rings. The predicted octanol–water partition coefficient (Wildman–Crippen LogP) is -0.169. The minimum absolute atomic E-state index is 0.129. The Morgan fingerprint density at radius 1 is 1.37 bits per heavy atom. The van der Waals surface area contributed by atoms with E-state index in [1.54, 1.807) is 11.1 Å². The summed E-state index contributed by atoms with van der Waals surface area (Å²) in [6.45, 7) is 1.12. The standard InChI is InChI=1S/C12H16N4O3/c17-11(14-9-1-2-9)10-7-19-6-5-16(10)12(18)15-4-3-13-8-15/h3-4,8-10H,1-2,5-7H2,(H,14,17). The molecular formula is C12H16N4O3. The van der Waals surface area contributed by atoms with Crippen LogP contribution in [-0.4, -0.2) is 58.2 Å². The normalized spacial score (nSPS) is 23.2. The Morgan fingerprint density at radius 2 is 2.21 bits per heavy atom. The molecule has 1 N–H and O–H groups in total. The molecule has 7 heteroatoms. The molecule has 0 aromatic carbocycles. The van der Waals surface area contributed by atoms with Crippen LogP contribution in [0.1, 0.15) is 12.8 Å². The van der Waals surface area contributed by atoms with Gasteiger partial charge < -0.3 is 15.0 Å². The lowest BCUT2D eigenvalue weighted by molar-refractivity contribution is -0.130. The Bertz CT molecular complexity index is 469. The number of ether oxygens (including phenoxy) is 1. The molecular weight excluding hydrogens is 248 g/mol. The van der Waals surface area contributed by atoms with Gasteiger partial charge in [-0.3, -0.25) is 9.36 Å². The Hall–Kier alpha value is -1.89. The van der Waals surface area contributed by atoms with Gasteiger partial charge in [-0.05, 0) is 12.8 Å². The third-order valence-electron chi connectivity index (χ3n) is 3.33. The Balaban J connectivity index is 1.72. The first kappa shape index (κ1) is 12.2. The van der Waals surface area contributed by atoms with Crippen LogP contribution in [0.3, 0.4) is 0 Å². The first-order valence-corrected chi connectivity index (χ1v) is 6.43. The molecule has 2 aliphatic rings. The maximum absolute atomic E-state index is 12.3. The summed E-state index contributed by atoms with van der Waals surface area (Å²) in [6, 6.07) is -0.513. The SMILES string of the molecule is O=C(NC1CC1)C1COCCN1C(=O)n1ccnc1. The highest BCUT2D eigenvalue weighted by Gasteiger charge is 2.35. The van der Waals surface area contributed by atoms with Crippen molar-refractivity contribution in [3.05, 3.63) is 18.7 Å². The van der Waals surface area contributed by atoms with Gasteiger partial charge in [-0.2, -0.15) is 0 Å². The van der Waals surface area contributed by atoms with Gasteiger partial charge >= 0.3 is 6.03 Å². The lowest BCUT2D eigenvalue weighted by Gasteiger charge is -2.34. The van der Waals surface area contributed by atoms with Crippen LogP contribution in [0.5, 0.6) is 0 Å². The van der Waals surface area contributed by atoms with Crippen LogP contribution >= 0.6 is 0 Å². The van der Waals surface area contributed by atoms with E-state index in [1.807, 2.05) is 0 Å². The minimum Gasteiger partial charge on any atom is -0.377 e. The molecule has 102 valence electrons. The summed E-state index contributed by atoms with van der Waals surface area (Å²) in [4.78, 5) is 29.8. The van der Waals surface area contributed by atoms with Crippen molar-refractivity contribution < 1.29 is 14.3 Å². The van der Waals surface area contributed by atoms with Crippen LogP contribution in [0.25, 0.3) is 0 Å². The van der Waals surface area contributed by atoms with E-state index in [4.69, 9.17) is 4.74 Å². The van der Waals surface area contributed by atoms with Gasteiger partial charge in [0.2, 0.25) is 5.91 Å². The summed E-state index contributed by atoms with van der Waals surface area (Å²) in [6.07, 6.45) is 6.60. The number of rotatable bonds is 2. The quantitative estimate of drug-likeness (QED) is 0.804. The van der Waals surface area contributed by atoms with Crippen LogP contribution in [0.4, 0.5) is 4.79 Å². The molecule has 1 aliphatic carbocycles. The van der Waals surface area contributed by atoms with E-state index in [-0.39, 0.29) is 24.6 Å². The molecule has 1 aromatic heterocycles. The fourth-order valence-corrected chi connectivity index (χ4v) is 2.10. The lowest BCUT2D eigenvalue weighted by atomic mass is 10.2. The molecule has 3 rings (SSSR count). The Morgan fingerprint density at radius 3 is 2.89 bits per heavy atom. The average molecular weight is 264 g/mol. The maximum atomic E-state index is 12.3. The first-order chi connectivity index (χ1) is 9.25. The highest BCUT2D eigenvalue weighted by Crippen LogP contribution is 2.20. The smallest absolute Gasteiger partial charge is 0.330 e. The molecule has 1 aliphatic heterocycles. The molecule has 0 radical (unpaired) electrons. The number of amides is 2. The van der Waals surface area contributed by atoms with Crippen molar-refractivity contribution in [1.29, 1.82) is 0 Å². The van der Waals surface area contributed by atoms with Crippen molar-refractivity contribution in [3.8, 4) is 0 Å². The number of imidazole rings is 1. The fraction of sp³-hybridized carbons (Fsp3) is 0.583. The van der Waals surface area contributed by atoms with Gasteiger partial charge in [-0.25, -0.2) is 9.78 Å². The summed E-state index contributed by atoms with van der Waals surface area (Å²) in [7, 11) is 0. The van der Waals surface area contributed by atoms with Gasteiger partial charge in [-0.15, -0.1) is 0 Å². The molecule has 19 heavy (non-hydrogen) atoms. The van der Waals surface area contributed by atoms with E-state index in [2.05, 4.69) is 10.3 Å². The van der Waals surface area contributed by atoms with Crippen LogP contribution in [-0.2, 0) is 9.53 Å². The van der Waals surface area contributed by atoms with Crippen molar-refractivity contribution in [2.24, 2.45) is 0 Å². The van der Waals surface area contributed by atoms with E-state index in [0.29, 0.717) is 13.2 Å². The zero-order valence-electron chi connectivity index (χ0n) is 10.5. The van der Waals surface area contributed by atoms with Gasteiger partial charge in [0.1, 0.15) is 12.4 Å². The summed E-state index contributed by atoms with van der Waals surface area (Å²) >= 11 is 0. The Kier molecular flexibility index (Phi) is 3.20. The van der Waals surface area contributed by atoms with Gasteiger partial charge in [-0.1, -0.05) is 0 Å². The van der Waals surface area contributed by atoms with Crippen molar-refractivity contribution in [3.63, 3.8) is 0 Å². The van der Waals surface area contributed by atoms with Gasteiger partial charge in [0.05, 0.1) is 13.2 Å². The molecule has 1 unspecified atom stereocenters. The monoisotopic (exact) mass is 264 g/mol. The molecule has 7 nitrogen and oxygen atoms in total. The van der Waals surface area contributed by atoms with E-state index in [1.165, 1.54) is 17.1 Å². The van der Waals surface area contributed by atoms with Crippen molar-refractivity contribution in [2.45, 2.75) is 24.9 Å². The predicted molar refractivity (Wildman–Crippen MR) is 65.5 cm³/mol. The summed E-state index contributed by atoms with van der Waals surface area (Å²) < 4.78 is 6.70. The molecule has 1 saturated heterocycles. The fourth-order valence-electron chi connectivity index (χ4n) is 2.10. The summed E-state index contributed by atoms with van der Waals surface area (Å²) in [5.74, 6) is -0.129. The molecule has 1 aromatic rings. The van der Waals surface area contributed by atoms with E-state index in [0.717, 1.165) is 12.8 Å². The van der Waals surface area contributed by atoms with Crippen molar-refractivity contribution >= 4 is 11.9 Å². The van der Waals surface area contributed by atoms with E-state index in [9.17, 15) is 9.59 Å². The third kappa shape index (κ3) is 2.60. The highest BCUT2D eigenvalue weighted by molar-refractivity contribution is 5.88. The molecule has 0 spiro atoms. The van der Waals surface area contributed by atoms with Gasteiger partial charge in [0.25, 0.3) is 0 Å². The topological polar surface area (TPSA) is 76.5 Å². The van der Waals surface area contributed by atoms with Crippen molar-refractivity contribution in [1.82, 2.24) is 19.8 Å². The second-order valence-corrected chi connectivity index (χ2v) is 4.82. The van der Waals surface area contributed by atoms with Crippen LogP contribution in [0, 0.1) is 0 Å². The highest BCUT2D eigenvalue weighted by atomic mass is 16.5. The maximum Gasteiger partial charge on any atom is 0.330 e. The second kappa shape index (κ2) is 5.00. The van der Waals surface area contributed by atoms with Crippen LogP contribution in [0.2, 0.25) is 0 Å². The molecule has 2 heterocycles. The number of morpholine rings is 1. The lowest BCUT2D eigenvalue weighted by Crippen LogP contribution is -2.57. The van der Waals surface area contributed by atoms with Gasteiger partial charge in [0, 0.05) is 25.0 Å². The van der Waals surface area contributed by atoms with Gasteiger partial charge in [0.15, 0.2) is 0 Å². The molecule has 1 saturated carbocycles. The zero-order chi connectivity index (χ0) is 13.2. The number of hydrogen-bond donors (Lipinski definition) is 1. The average Bonchev–Trinajstić information content (AvgIpc) is 3.08. The Labute approximate surface area is 110 Å². The molecule has 1 atom stereocenters. The second-order valence-electron chi connectivity index (χ2n) is 4.82. The van der Waals surface area contributed by atoms with Crippen LogP contribution < -0.4 is 5.32 Å². The number of carbonyl (C=O) groups excluding carboxylic acids is 2. The molecule has 2 amide bonds. The zero-order valence-corrected chi connectivity index (χ0v) is 10.5. The summed E-state index contributed by atoms with van der Waals surface area (Å²) in [5.41, 5.74) is 0. The van der Waals surface area contributed by atoms with E-state index >= 15 is 0 Å². The molecule has 0 bridgehead atoms. The number of carbonyl (C=O) groups is 2. The van der Waals surface area contributed by atoms with E-state index < -0.39 is 6.04 Å². The number of hydrogen-bond acceptors (Lipinski definition) is 4. The number of nitrogens with one attached hydrogen (secondary N) is 1. The van der Waals surface area contributed by atoms with Crippen LogP contribution in [0.15, 0.2) is 18.7 Å². The first-order valence-electron chi connectivity index (χ1n) is 6.43.